The number of carbonyl (C=O) groups excluding carboxylic acids is 3. The topological polar surface area (TPSA) is 126 Å². The minimum atomic E-state index is -1.54. The largest absolute Gasteiger partial charge is 0.507 e. The number of nitrogens with one attached hydrogen (secondary N) is 1. The molecule has 0 saturated carbocycles. The van der Waals surface area contributed by atoms with E-state index in [0.29, 0.717) is 12.2 Å². The summed E-state index contributed by atoms with van der Waals surface area (Å²) in [5.41, 5.74) is 1.63. The van der Waals surface area contributed by atoms with Gasteiger partial charge in [-0.15, -0.1) is 11.3 Å². The van der Waals surface area contributed by atoms with E-state index < -0.39 is 28.5 Å². The fourth-order valence-electron chi connectivity index (χ4n) is 4.99. The zero-order valence-electron chi connectivity index (χ0n) is 21.6. The summed E-state index contributed by atoms with van der Waals surface area (Å²) in [7, 11) is 0. The molecule has 9 heteroatoms. The van der Waals surface area contributed by atoms with Crippen molar-refractivity contribution in [2.45, 2.75) is 46.6 Å². The summed E-state index contributed by atoms with van der Waals surface area (Å²) in [4.78, 5) is 43.9. The first kappa shape index (κ1) is 25.4. The highest BCUT2D eigenvalue weighted by Gasteiger charge is 2.56. The van der Waals surface area contributed by atoms with Gasteiger partial charge in [-0.2, -0.15) is 0 Å². The number of rotatable bonds is 5. The third kappa shape index (κ3) is 3.73. The van der Waals surface area contributed by atoms with Crippen LogP contribution in [-0.2, 0) is 21.5 Å². The van der Waals surface area contributed by atoms with Crippen molar-refractivity contribution in [3.63, 3.8) is 0 Å². The average molecular weight is 531 g/mol. The summed E-state index contributed by atoms with van der Waals surface area (Å²) in [5, 5.41) is 27.5. The molecular weight excluding hydrogens is 504 g/mol. The summed E-state index contributed by atoms with van der Waals surface area (Å²) >= 11 is 1.56. The number of thiazole rings is 1. The number of allylic oxidation sites excluding steroid dienone is 4. The third-order valence-electron chi connectivity index (χ3n) is 7.11. The SMILES string of the molecule is CC(=O)c1c(O)c(C)c(O)c2c1OC1=CC(=O)/C(=C(/C)NCc3cccc(-c4nc(C)cs4)c3)C(=O)[C@]12C. The molecule has 0 spiro atoms. The lowest BCUT2D eigenvalue weighted by atomic mass is 9.70. The fourth-order valence-corrected chi connectivity index (χ4v) is 5.78. The zero-order valence-corrected chi connectivity index (χ0v) is 22.4. The van der Waals surface area contributed by atoms with Crippen LogP contribution in [0.15, 0.2) is 52.8 Å². The van der Waals surface area contributed by atoms with Crippen LogP contribution in [0.2, 0.25) is 0 Å². The molecule has 0 bridgehead atoms. The van der Waals surface area contributed by atoms with Crippen molar-refractivity contribution < 1.29 is 29.3 Å². The van der Waals surface area contributed by atoms with Crippen molar-refractivity contribution in [3.8, 4) is 27.8 Å². The van der Waals surface area contributed by atoms with Gasteiger partial charge in [0.2, 0.25) is 0 Å². The Morgan fingerprint density at radius 3 is 2.55 bits per heavy atom. The molecule has 0 saturated heterocycles. The number of ketones is 3. The van der Waals surface area contributed by atoms with Crippen LogP contribution in [0.1, 0.15) is 53.5 Å². The maximum absolute atomic E-state index is 13.9. The molecule has 1 aliphatic carbocycles. The molecule has 1 atom stereocenters. The van der Waals surface area contributed by atoms with E-state index >= 15 is 0 Å². The Morgan fingerprint density at radius 1 is 1.16 bits per heavy atom. The lowest BCUT2D eigenvalue weighted by Gasteiger charge is -2.29. The summed E-state index contributed by atoms with van der Waals surface area (Å²) < 4.78 is 5.81. The highest BCUT2D eigenvalue weighted by atomic mass is 32.1. The molecule has 0 fully saturated rings. The number of ether oxygens (including phenoxy) is 1. The molecule has 1 aliphatic heterocycles. The molecule has 2 aliphatic rings. The predicted octanol–water partition coefficient (Wildman–Crippen LogP) is 4.79. The Labute approximate surface area is 223 Å². The Hall–Kier alpha value is -4.24. The van der Waals surface area contributed by atoms with Gasteiger partial charge in [0.25, 0.3) is 0 Å². The van der Waals surface area contributed by atoms with Gasteiger partial charge in [-0.25, -0.2) is 4.98 Å². The average Bonchev–Trinajstić information content (AvgIpc) is 3.43. The number of phenols is 2. The molecule has 2 heterocycles. The number of aromatic nitrogens is 1. The molecule has 8 nitrogen and oxygen atoms in total. The third-order valence-corrected chi connectivity index (χ3v) is 8.12. The molecule has 0 radical (unpaired) electrons. The highest BCUT2D eigenvalue weighted by Crippen LogP contribution is 2.57. The van der Waals surface area contributed by atoms with Gasteiger partial charge in [0.05, 0.1) is 11.1 Å². The number of nitrogens with zero attached hydrogens (tertiary/aromatic N) is 1. The van der Waals surface area contributed by atoms with Crippen molar-refractivity contribution in [2.24, 2.45) is 0 Å². The first-order valence-corrected chi connectivity index (χ1v) is 12.9. The normalized spacial score (nSPS) is 19.4. The molecule has 3 N–H and O–H groups in total. The van der Waals surface area contributed by atoms with Gasteiger partial charge < -0.3 is 20.3 Å². The van der Waals surface area contributed by atoms with Gasteiger partial charge in [-0.3, -0.25) is 14.4 Å². The monoisotopic (exact) mass is 530 g/mol. The first-order valence-electron chi connectivity index (χ1n) is 12.0. The number of benzene rings is 2. The van der Waals surface area contributed by atoms with Crippen LogP contribution in [0, 0.1) is 13.8 Å². The second kappa shape index (κ2) is 8.95. The Balaban J connectivity index is 1.51. The van der Waals surface area contributed by atoms with E-state index in [9.17, 15) is 24.6 Å². The Morgan fingerprint density at radius 2 is 1.89 bits per heavy atom. The molecule has 194 valence electrons. The number of fused-ring (bicyclic) bond motifs is 3. The standard InChI is InChI=1S/C29H26N2O6S/c1-13-12-38-28(31-13)18-8-6-7-17(9-18)11-30-15(3)21-19(33)10-20-29(5,27(21)36)23-25(35)14(2)24(34)22(16(4)32)26(23)37-20/h6-10,12,30,34-35H,11H2,1-5H3/b21-15+/t29-/m1/s1. The van der Waals surface area contributed by atoms with Gasteiger partial charge in [0.1, 0.15) is 39.0 Å². The van der Waals surface area contributed by atoms with Crippen LogP contribution in [-0.4, -0.2) is 32.5 Å². The fraction of sp³-hybridized carbons (Fsp3) is 0.241. The summed E-state index contributed by atoms with van der Waals surface area (Å²) in [6, 6.07) is 7.85. The number of phenolic OH excluding ortho intramolecular Hbond substituents is 2. The van der Waals surface area contributed by atoms with E-state index in [4.69, 9.17) is 4.74 Å². The van der Waals surface area contributed by atoms with Gasteiger partial charge in [-0.05, 0) is 46.2 Å². The first-order chi connectivity index (χ1) is 17.9. The van der Waals surface area contributed by atoms with Gasteiger partial charge in [-0.1, -0.05) is 18.2 Å². The molecular formula is C29H26N2O6S. The Bertz CT molecular complexity index is 1630. The lowest BCUT2D eigenvalue weighted by molar-refractivity contribution is -0.123. The van der Waals surface area contributed by atoms with Gasteiger partial charge in [0, 0.05) is 40.5 Å². The number of hydrogen-bond acceptors (Lipinski definition) is 9. The second-order valence-electron chi connectivity index (χ2n) is 9.73. The van der Waals surface area contributed by atoms with Crippen LogP contribution in [0.4, 0.5) is 0 Å². The van der Waals surface area contributed by atoms with Crippen LogP contribution < -0.4 is 10.1 Å². The van der Waals surface area contributed by atoms with Crippen LogP contribution in [0.25, 0.3) is 10.6 Å². The molecule has 5 rings (SSSR count). The van der Waals surface area contributed by atoms with E-state index in [1.54, 1.807) is 25.2 Å². The summed E-state index contributed by atoms with van der Waals surface area (Å²) in [6.07, 6.45) is 1.21. The number of hydrogen-bond donors (Lipinski definition) is 3. The van der Waals surface area contributed by atoms with Gasteiger partial charge in [0.15, 0.2) is 17.3 Å². The molecule has 0 unspecified atom stereocenters. The van der Waals surface area contributed by atoms with Crippen molar-refractivity contribution in [1.29, 1.82) is 0 Å². The molecule has 0 amide bonds. The van der Waals surface area contributed by atoms with E-state index in [0.717, 1.165) is 21.8 Å². The molecule has 1 aromatic heterocycles. The van der Waals surface area contributed by atoms with E-state index in [2.05, 4.69) is 10.3 Å². The minimum absolute atomic E-state index is 0.00768. The van der Waals surface area contributed by atoms with Crippen LogP contribution in [0.3, 0.4) is 0 Å². The van der Waals surface area contributed by atoms with Crippen molar-refractivity contribution in [3.05, 3.63) is 80.7 Å². The minimum Gasteiger partial charge on any atom is -0.507 e. The summed E-state index contributed by atoms with van der Waals surface area (Å²) in [6.45, 7) is 8.21. The second-order valence-corrected chi connectivity index (χ2v) is 10.6. The van der Waals surface area contributed by atoms with E-state index in [1.807, 2.05) is 36.6 Å². The maximum atomic E-state index is 13.9. The lowest BCUT2D eigenvalue weighted by Crippen LogP contribution is -2.41. The van der Waals surface area contributed by atoms with Crippen molar-refractivity contribution >= 4 is 28.7 Å². The maximum Gasteiger partial charge on any atom is 0.194 e. The number of carbonyl (C=O) groups is 3. The smallest absolute Gasteiger partial charge is 0.194 e. The highest BCUT2D eigenvalue weighted by molar-refractivity contribution is 7.13. The molecule has 3 aromatic rings. The number of aryl methyl sites for hydroxylation is 1. The zero-order chi connectivity index (χ0) is 27.5. The summed E-state index contributed by atoms with van der Waals surface area (Å²) in [5.74, 6) is -2.47. The van der Waals surface area contributed by atoms with Crippen molar-refractivity contribution in [2.75, 3.05) is 0 Å². The Kier molecular flexibility index (Phi) is 5.99. The van der Waals surface area contributed by atoms with Crippen molar-refractivity contribution in [1.82, 2.24) is 10.3 Å². The number of aromatic hydroxyl groups is 2. The van der Waals surface area contributed by atoms with E-state index in [1.165, 1.54) is 19.9 Å². The predicted molar refractivity (Wildman–Crippen MR) is 142 cm³/mol. The van der Waals surface area contributed by atoms with E-state index in [-0.39, 0.29) is 39.5 Å². The quantitative estimate of drug-likeness (QED) is 0.244. The van der Waals surface area contributed by atoms with Crippen LogP contribution in [0.5, 0.6) is 17.2 Å². The molecule has 2 aromatic carbocycles. The number of Topliss-reactive ketones (excluding diaryl/α,β-unsaturated/α-hetero) is 2. The molecule has 38 heavy (non-hydrogen) atoms. The van der Waals surface area contributed by atoms with Gasteiger partial charge >= 0.3 is 0 Å². The van der Waals surface area contributed by atoms with Crippen LogP contribution >= 0.6 is 11.3 Å².